The van der Waals surface area contributed by atoms with Crippen LogP contribution in [0.15, 0.2) is 18.2 Å². The van der Waals surface area contributed by atoms with Crippen LogP contribution in [0.5, 0.6) is 0 Å². The van der Waals surface area contributed by atoms with Gasteiger partial charge in [-0.2, -0.15) is 0 Å². The van der Waals surface area contributed by atoms with Crippen molar-refractivity contribution >= 4 is 11.6 Å². The maximum atomic E-state index is 12.0. The first-order chi connectivity index (χ1) is 8.56. The van der Waals surface area contributed by atoms with Gasteiger partial charge in [-0.3, -0.25) is 4.79 Å². The molecule has 5 nitrogen and oxygen atoms in total. The minimum Gasteiger partial charge on any atom is -0.399 e. The van der Waals surface area contributed by atoms with Crippen molar-refractivity contribution in [2.45, 2.75) is 19.4 Å². The van der Waals surface area contributed by atoms with Crippen molar-refractivity contribution in [3.63, 3.8) is 0 Å². The first-order valence-corrected chi connectivity index (χ1v) is 5.84. The fraction of sp³-hybridized carbons (Fsp3) is 0.462. The second-order valence-corrected chi connectivity index (χ2v) is 4.27. The van der Waals surface area contributed by atoms with Crippen molar-refractivity contribution in [3.05, 3.63) is 29.3 Å². The predicted molar refractivity (Wildman–Crippen MR) is 70.4 cm³/mol. The first-order valence-electron chi connectivity index (χ1n) is 5.84. The summed E-state index contributed by atoms with van der Waals surface area (Å²) >= 11 is 0. The Bertz CT molecular complexity index is 381. The Hall–Kier alpha value is -1.59. The van der Waals surface area contributed by atoms with Crippen LogP contribution in [0.3, 0.4) is 0 Å². The Morgan fingerprint density at radius 1 is 1.50 bits per heavy atom. The summed E-state index contributed by atoms with van der Waals surface area (Å²) in [6.45, 7) is 2.26. The average molecular weight is 252 g/mol. The normalized spacial score (nSPS) is 12.2. The highest BCUT2D eigenvalue weighted by molar-refractivity contribution is 5.95. The van der Waals surface area contributed by atoms with E-state index in [4.69, 9.17) is 15.6 Å². The van der Waals surface area contributed by atoms with Crippen molar-refractivity contribution in [1.29, 1.82) is 0 Å². The average Bonchev–Trinajstić information content (AvgIpc) is 2.28. The fourth-order valence-corrected chi connectivity index (χ4v) is 1.77. The van der Waals surface area contributed by atoms with Gasteiger partial charge in [0.15, 0.2) is 0 Å². The zero-order chi connectivity index (χ0) is 13.5. The van der Waals surface area contributed by atoms with Gasteiger partial charge in [0.1, 0.15) is 0 Å². The molecule has 1 aromatic carbocycles. The van der Waals surface area contributed by atoms with Crippen LogP contribution in [0.2, 0.25) is 0 Å². The number of hydrogen-bond acceptors (Lipinski definition) is 4. The van der Waals surface area contributed by atoms with Crippen LogP contribution >= 0.6 is 0 Å². The maximum Gasteiger partial charge on any atom is 0.251 e. The Kier molecular flexibility index (Phi) is 5.61. The summed E-state index contributed by atoms with van der Waals surface area (Å²) in [4.78, 5) is 12.0. The monoisotopic (exact) mass is 252 g/mol. The van der Waals surface area contributed by atoms with Crippen LogP contribution in [0, 0.1) is 6.92 Å². The van der Waals surface area contributed by atoms with E-state index < -0.39 is 0 Å². The maximum absolute atomic E-state index is 12.0. The van der Waals surface area contributed by atoms with Crippen LogP contribution in [-0.2, 0) is 4.74 Å². The van der Waals surface area contributed by atoms with Crippen LogP contribution in [0.1, 0.15) is 22.3 Å². The number of anilines is 1. The Morgan fingerprint density at radius 2 is 2.22 bits per heavy atom. The molecular formula is C13H20N2O3. The number of amides is 1. The molecule has 4 N–H and O–H groups in total. The molecule has 0 fully saturated rings. The number of carbonyl (C=O) groups is 1. The van der Waals surface area contributed by atoms with Crippen LogP contribution in [-0.4, -0.2) is 37.4 Å². The van der Waals surface area contributed by atoms with Crippen molar-refractivity contribution in [1.82, 2.24) is 5.32 Å². The van der Waals surface area contributed by atoms with E-state index in [-0.39, 0.29) is 18.6 Å². The van der Waals surface area contributed by atoms with Gasteiger partial charge in [-0.15, -0.1) is 0 Å². The second-order valence-electron chi connectivity index (χ2n) is 4.27. The molecule has 1 rings (SSSR count). The van der Waals surface area contributed by atoms with E-state index in [1.54, 1.807) is 25.3 Å². The van der Waals surface area contributed by atoms with Gasteiger partial charge in [0.2, 0.25) is 0 Å². The standard InChI is InChI=1S/C13H20N2O3/c1-9-5-10(7-11(14)6-9)13(17)15-12(3-4-16)8-18-2/h5-7,12,16H,3-4,8,14H2,1-2H3,(H,15,17). The summed E-state index contributed by atoms with van der Waals surface area (Å²) in [6.07, 6.45) is 0.459. The molecule has 0 saturated carbocycles. The molecule has 0 aromatic heterocycles. The van der Waals surface area contributed by atoms with E-state index in [9.17, 15) is 4.79 Å². The molecule has 0 aliphatic rings. The number of hydrogen-bond donors (Lipinski definition) is 3. The van der Waals surface area contributed by atoms with Crippen molar-refractivity contribution < 1.29 is 14.6 Å². The Morgan fingerprint density at radius 3 is 2.78 bits per heavy atom. The molecule has 5 heteroatoms. The second kappa shape index (κ2) is 6.98. The number of nitrogen functional groups attached to an aromatic ring is 1. The molecule has 0 heterocycles. The number of rotatable bonds is 6. The van der Waals surface area contributed by atoms with Gasteiger partial charge < -0.3 is 20.9 Å². The van der Waals surface area contributed by atoms with Crippen molar-refractivity contribution in [3.8, 4) is 0 Å². The zero-order valence-electron chi connectivity index (χ0n) is 10.8. The van der Waals surface area contributed by atoms with Gasteiger partial charge in [0, 0.05) is 25.0 Å². The van der Waals surface area contributed by atoms with Crippen molar-refractivity contribution in [2.75, 3.05) is 26.1 Å². The molecule has 0 aliphatic carbocycles. The number of nitrogens with one attached hydrogen (secondary N) is 1. The third kappa shape index (κ3) is 4.35. The predicted octanol–water partition coefficient (Wildman–Crippen LogP) is 0.704. The summed E-state index contributed by atoms with van der Waals surface area (Å²) in [6, 6.07) is 5.01. The molecule has 1 amide bonds. The molecule has 1 aromatic rings. The highest BCUT2D eigenvalue weighted by Crippen LogP contribution is 2.11. The first kappa shape index (κ1) is 14.5. The van der Waals surface area contributed by atoms with Crippen LogP contribution in [0.25, 0.3) is 0 Å². The molecule has 0 radical (unpaired) electrons. The van der Waals surface area contributed by atoms with Crippen LogP contribution in [0.4, 0.5) is 5.69 Å². The molecule has 1 atom stereocenters. The van der Waals surface area contributed by atoms with E-state index in [1.165, 1.54) is 0 Å². The Balaban J connectivity index is 2.73. The van der Waals surface area contributed by atoms with Gasteiger partial charge in [-0.1, -0.05) is 0 Å². The van der Waals surface area contributed by atoms with E-state index in [1.807, 2.05) is 6.92 Å². The lowest BCUT2D eigenvalue weighted by molar-refractivity contribution is 0.0878. The molecule has 0 saturated heterocycles. The molecule has 0 aliphatic heterocycles. The van der Waals surface area contributed by atoms with Crippen LogP contribution < -0.4 is 11.1 Å². The minimum atomic E-state index is -0.207. The molecular weight excluding hydrogens is 232 g/mol. The number of aliphatic hydroxyl groups is 1. The van der Waals surface area contributed by atoms with Crippen molar-refractivity contribution in [2.24, 2.45) is 0 Å². The van der Waals surface area contributed by atoms with Gasteiger partial charge in [-0.25, -0.2) is 0 Å². The van der Waals surface area contributed by atoms with E-state index in [0.717, 1.165) is 5.56 Å². The largest absolute Gasteiger partial charge is 0.399 e. The third-order valence-corrected chi connectivity index (χ3v) is 2.54. The van der Waals surface area contributed by atoms with Gasteiger partial charge >= 0.3 is 0 Å². The van der Waals surface area contributed by atoms with E-state index in [0.29, 0.717) is 24.3 Å². The molecule has 0 spiro atoms. The number of benzene rings is 1. The SMILES string of the molecule is COCC(CCO)NC(=O)c1cc(C)cc(N)c1. The lowest BCUT2D eigenvalue weighted by atomic mass is 10.1. The summed E-state index contributed by atoms with van der Waals surface area (Å²) in [5.41, 5.74) is 7.72. The van der Waals surface area contributed by atoms with E-state index in [2.05, 4.69) is 5.32 Å². The number of aliphatic hydroxyl groups excluding tert-OH is 1. The lowest BCUT2D eigenvalue weighted by Gasteiger charge is -2.17. The zero-order valence-corrected chi connectivity index (χ0v) is 10.8. The van der Waals surface area contributed by atoms with E-state index >= 15 is 0 Å². The number of aryl methyl sites for hydroxylation is 1. The van der Waals surface area contributed by atoms with Gasteiger partial charge in [0.25, 0.3) is 5.91 Å². The number of nitrogens with two attached hydrogens (primary N) is 1. The topological polar surface area (TPSA) is 84.6 Å². The summed E-state index contributed by atoms with van der Waals surface area (Å²) in [5, 5.41) is 11.7. The third-order valence-electron chi connectivity index (χ3n) is 2.54. The smallest absolute Gasteiger partial charge is 0.251 e. The molecule has 100 valence electrons. The van der Waals surface area contributed by atoms with Gasteiger partial charge in [0.05, 0.1) is 12.6 Å². The highest BCUT2D eigenvalue weighted by atomic mass is 16.5. The number of carbonyl (C=O) groups excluding carboxylic acids is 1. The lowest BCUT2D eigenvalue weighted by Crippen LogP contribution is -2.38. The summed E-state index contributed by atoms with van der Waals surface area (Å²) in [7, 11) is 1.56. The number of methoxy groups -OCH3 is 1. The summed E-state index contributed by atoms with van der Waals surface area (Å²) < 4.78 is 4.99. The molecule has 0 bridgehead atoms. The quantitative estimate of drug-likeness (QED) is 0.651. The minimum absolute atomic E-state index is 0.00423. The molecule has 18 heavy (non-hydrogen) atoms. The fourth-order valence-electron chi connectivity index (χ4n) is 1.77. The molecule has 1 unspecified atom stereocenters. The Labute approximate surface area is 107 Å². The number of ether oxygens (including phenoxy) is 1. The highest BCUT2D eigenvalue weighted by Gasteiger charge is 2.13. The summed E-state index contributed by atoms with van der Waals surface area (Å²) in [5.74, 6) is -0.207. The van der Waals surface area contributed by atoms with Gasteiger partial charge in [-0.05, 0) is 37.1 Å².